The van der Waals surface area contributed by atoms with E-state index in [1.165, 1.54) is 34.5 Å². The molecule has 0 saturated carbocycles. The lowest BCUT2D eigenvalue weighted by Crippen LogP contribution is -2.44. The van der Waals surface area contributed by atoms with Crippen molar-refractivity contribution in [2.24, 2.45) is 14.1 Å². The molecule has 0 radical (unpaired) electrons. The van der Waals surface area contributed by atoms with Crippen molar-refractivity contribution in [1.29, 1.82) is 0 Å². The Kier molecular flexibility index (Phi) is 7.03. The number of likely N-dealkylation sites (N-methyl/N-ethyl adjacent to an activating group) is 1. The Bertz CT molecular complexity index is 1370. The van der Waals surface area contributed by atoms with Gasteiger partial charge in [-0.2, -0.15) is 0 Å². The molecule has 0 bridgehead atoms. The summed E-state index contributed by atoms with van der Waals surface area (Å²) < 4.78 is 9.35. The lowest BCUT2D eigenvalue weighted by atomic mass is 9.91. The first kappa shape index (κ1) is 25.6. The molecule has 3 N–H and O–H groups in total. The monoisotopic (exact) mass is 500 g/mol. The lowest BCUT2D eigenvalue weighted by Gasteiger charge is -2.34. The van der Waals surface area contributed by atoms with Gasteiger partial charge in [-0.25, -0.2) is 9.78 Å². The van der Waals surface area contributed by atoms with Crippen LogP contribution in [-0.4, -0.2) is 84.7 Å². The van der Waals surface area contributed by atoms with E-state index in [1.54, 1.807) is 31.2 Å². The van der Waals surface area contributed by atoms with E-state index in [4.69, 9.17) is 4.74 Å². The molecule has 1 fully saturated rings. The van der Waals surface area contributed by atoms with Gasteiger partial charge in [0.1, 0.15) is 12.4 Å². The molecule has 12 nitrogen and oxygen atoms in total. The standard InChI is InChI=1S/C24H32N6O6/c1-24(35)11-16(31)12-29(21(32)15-5-7-17(8-6-15)36-10-9-25-2)13-18(24)30-14-26-20-19(30)22(33)28(4)23(34)27(20)3/h5-8,14,16,18,25,31,35H,9-13H2,1-4H3/t16-,18+,24+/m0/s1. The third kappa shape index (κ3) is 4.66. The Labute approximate surface area is 207 Å². The summed E-state index contributed by atoms with van der Waals surface area (Å²) in [7, 11) is 4.72. The summed E-state index contributed by atoms with van der Waals surface area (Å²) in [5.74, 6) is 0.299. The van der Waals surface area contributed by atoms with Crippen LogP contribution in [0.2, 0.25) is 0 Å². The molecular weight excluding hydrogens is 468 g/mol. The third-order valence-corrected chi connectivity index (χ3v) is 6.71. The van der Waals surface area contributed by atoms with Gasteiger partial charge >= 0.3 is 5.69 Å². The number of hydrogen-bond acceptors (Lipinski definition) is 8. The Balaban J connectivity index is 1.69. The Hall–Kier alpha value is -3.48. The van der Waals surface area contributed by atoms with Gasteiger partial charge in [-0.15, -0.1) is 0 Å². The highest BCUT2D eigenvalue weighted by Crippen LogP contribution is 2.33. The van der Waals surface area contributed by atoms with Crippen LogP contribution in [0, 0.1) is 0 Å². The highest BCUT2D eigenvalue weighted by Gasteiger charge is 2.42. The fourth-order valence-corrected chi connectivity index (χ4v) is 4.71. The minimum absolute atomic E-state index is 0.00896. The first-order chi connectivity index (χ1) is 17.0. The van der Waals surface area contributed by atoms with Crippen molar-refractivity contribution in [3.05, 3.63) is 57.0 Å². The van der Waals surface area contributed by atoms with E-state index in [0.717, 1.165) is 4.57 Å². The summed E-state index contributed by atoms with van der Waals surface area (Å²) >= 11 is 0. The zero-order valence-corrected chi connectivity index (χ0v) is 20.8. The van der Waals surface area contributed by atoms with Gasteiger partial charge < -0.3 is 29.7 Å². The van der Waals surface area contributed by atoms with Crippen LogP contribution in [0.5, 0.6) is 5.75 Å². The third-order valence-electron chi connectivity index (χ3n) is 6.71. The Morgan fingerprint density at radius 2 is 1.89 bits per heavy atom. The number of imidazole rings is 1. The normalized spacial score (nSPS) is 22.6. The number of aryl methyl sites for hydroxylation is 1. The Morgan fingerprint density at radius 1 is 1.19 bits per heavy atom. The molecule has 194 valence electrons. The van der Waals surface area contributed by atoms with Crippen LogP contribution in [0.4, 0.5) is 0 Å². The molecule has 0 unspecified atom stereocenters. The molecule has 2 aromatic heterocycles. The van der Waals surface area contributed by atoms with Crippen molar-refractivity contribution in [1.82, 2.24) is 28.9 Å². The topological polar surface area (TPSA) is 144 Å². The highest BCUT2D eigenvalue weighted by molar-refractivity contribution is 5.94. The average molecular weight is 501 g/mol. The molecule has 3 heterocycles. The van der Waals surface area contributed by atoms with E-state index in [-0.39, 0.29) is 36.6 Å². The molecule has 36 heavy (non-hydrogen) atoms. The molecule has 3 aromatic rings. The number of rotatable bonds is 6. The van der Waals surface area contributed by atoms with E-state index in [1.807, 2.05) is 7.05 Å². The second-order valence-electron chi connectivity index (χ2n) is 9.45. The molecule has 1 aromatic carbocycles. The highest BCUT2D eigenvalue weighted by atomic mass is 16.5. The van der Waals surface area contributed by atoms with Crippen LogP contribution in [0.15, 0.2) is 40.2 Å². The number of aliphatic hydroxyl groups excluding tert-OH is 1. The molecule has 0 spiro atoms. The SMILES string of the molecule is CNCCOc1ccc(C(=O)N2C[C@@H](O)C[C@@](C)(O)[C@H](n3cnc4c3c(=O)n(C)c(=O)n4C)C2)cc1. The van der Waals surface area contributed by atoms with Crippen LogP contribution in [0.1, 0.15) is 29.7 Å². The lowest BCUT2D eigenvalue weighted by molar-refractivity contribution is -0.0216. The summed E-state index contributed by atoms with van der Waals surface area (Å²) in [6.07, 6.45) is 0.383. The molecule has 0 aliphatic carbocycles. The molecule has 1 saturated heterocycles. The number of likely N-dealkylation sites (tertiary alicyclic amines) is 1. The molecule has 12 heteroatoms. The number of nitrogens with one attached hydrogen (secondary N) is 1. The van der Waals surface area contributed by atoms with E-state index in [2.05, 4.69) is 10.3 Å². The number of aromatic nitrogens is 4. The predicted octanol–water partition coefficient (Wildman–Crippen LogP) is -0.769. The van der Waals surface area contributed by atoms with Crippen LogP contribution in [0.3, 0.4) is 0 Å². The van der Waals surface area contributed by atoms with Crippen molar-refractivity contribution in [3.8, 4) is 5.75 Å². The van der Waals surface area contributed by atoms with Crippen molar-refractivity contribution in [3.63, 3.8) is 0 Å². The maximum absolute atomic E-state index is 13.4. The summed E-state index contributed by atoms with van der Waals surface area (Å²) in [5, 5.41) is 25.0. The zero-order valence-electron chi connectivity index (χ0n) is 20.8. The number of hydrogen-bond donors (Lipinski definition) is 3. The number of nitrogens with zero attached hydrogens (tertiary/aromatic N) is 5. The van der Waals surface area contributed by atoms with Crippen molar-refractivity contribution < 1.29 is 19.7 Å². The maximum Gasteiger partial charge on any atom is 0.332 e. The fourth-order valence-electron chi connectivity index (χ4n) is 4.71. The number of ether oxygens (including phenoxy) is 1. The van der Waals surface area contributed by atoms with Crippen LogP contribution < -0.4 is 21.3 Å². The number of benzene rings is 1. The molecule has 1 amide bonds. The summed E-state index contributed by atoms with van der Waals surface area (Å²) in [6.45, 7) is 2.76. The van der Waals surface area contributed by atoms with Gasteiger partial charge in [-0.1, -0.05) is 0 Å². The molecular formula is C24H32N6O6. The minimum Gasteiger partial charge on any atom is -0.492 e. The number of amides is 1. The van der Waals surface area contributed by atoms with Crippen molar-refractivity contribution in [2.75, 3.05) is 33.3 Å². The molecule has 1 aliphatic heterocycles. The van der Waals surface area contributed by atoms with Gasteiger partial charge in [-0.05, 0) is 38.2 Å². The van der Waals surface area contributed by atoms with Crippen LogP contribution in [-0.2, 0) is 14.1 Å². The summed E-state index contributed by atoms with van der Waals surface area (Å²) in [6, 6.07) is 5.91. The quantitative estimate of drug-likeness (QED) is 0.375. The van der Waals surface area contributed by atoms with Crippen molar-refractivity contribution in [2.45, 2.75) is 31.1 Å². The van der Waals surface area contributed by atoms with Gasteiger partial charge in [0.25, 0.3) is 11.5 Å². The zero-order chi connectivity index (χ0) is 26.2. The largest absolute Gasteiger partial charge is 0.492 e. The van der Waals surface area contributed by atoms with E-state index < -0.39 is 29.0 Å². The number of aliphatic hydroxyl groups is 2. The number of β-amino-alcohol motifs (C(OH)–C–C–N with tert-alkyl or cyclic N) is 1. The van der Waals surface area contributed by atoms with Gasteiger partial charge in [0.15, 0.2) is 11.2 Å². The number of carbonyl (C=O) groups is 1. The minimum atomic E-state index is -1.48. The summed E-state index contributed by atoms with van der Waals surface area (Å²) in [4.78, 5) is 44.5. The smallest absolute Gasteiger partial charge is 0.332 e. The Morgan fingerprint density at radius 3 is 2.56 bits per heavy atom. The second-order valence-corrected chi connectivity index (χ2v) is 9.45. The number of fused-ring (bicyclic) bond motifs is 1. The number of carbonyl (C=O) groups excluding carboxylic acids is 1. The van der Waals surface area contributed by atoms with Gasteiger partial charge in [0, 0.05) is 45.7 Å². The predicted molar refractivity (Wildman–Crippen MR) is 132 cm³/mol. The van der Waals surface area contributed by atoms with E-state index in [0.29, 0.717) is 24.5 Å². The van der Waals surface area contributed by atoms with E-state index in [9.17, 15) is 24.6 Å². The first-order valence-corrected chi connectivity index (χ1v) is 11.7. The van der Waals surface area contributed by atoms with Crippen molar-refractivity contribution >= 4 is 17.1 Å². The van der Waals surface area contributed by atoms with Gasteiger partial charge in [0.05, 0.1) is 24.1 Å². The van der Waals surface area contributed by atoms with Gasteiger partial charge in [0.2, 0.25) is 0 Å². The molecule has 4 rings (SSSR count). The van der Waals surface area contributed by atoms with E-state index >= 15 is 0 Å². The van der Waals surface area contributed by atoms with Crippen LogP contribution in [0.25, 0.3) is 11.2 Å². The van der Waals surface area contributed by atoms with Gasteiger partial charge in [-0.3, -0.25) is 18.7 Å². The molecule has 3 atom stereocenters. The molecule has 1 aliphatic rings. The maximum atomic E-state index is 13.4. The fraction of sp³-hybridized carbons (Fsp3) is 0.500. The second kappa shape index (κ2) is 9.88. The summed E-state index contributed by atoms with van der Waals surface area (Å²) in [5.41, 5.74) is -1.84. The van der Waals surface area contributed by atoms with Crippen LogP contribution >= 0.6 is 0 Å². The first-order valence-electron chi connectivity index (χ1n) is 11.7. The average Bonchev–Trinajstić information content (AvgIpc) is 3.23.